The Balaban J connectivity index is 2.07. The molecular weight excluding hydrogens is 220 g/mol. The molecule has 0 radical (unpaired) electrons. The number of para-hydroxylation sites is 2. The monoisotopic (exact) mass is 234 g/mol. The third-order valence-electron chi connectivity index (χ3n) is 2.36. The molecule has 0 saturated heterocycles. The summed E-state index contributed by atoms with van der Waals surface area (Å²) in [6.45, 7) is 3.59. The lowest BCUT2D eigenvalue weighted by molar-refractivity contribution is -0.118. The van der Waals surface area contributed by atoms with Crippen molar-refractivity contribution in [2.45, 2.75) is 20.0 Å². The van der Waals surface area contributed by atoms with Gasteiger partial charge in [0, 0.05) is 6.92 Å². The SMILES string of the molecule is CC(=O)N/N=C(/C)[C@H]1COc2ccccc2O1. The molecule has 1 atom stereocenters. The molecule has 1 aromatic rings. The third-order valence-corrected chi connectivity index (χ3v) is 2.36. The maximum Gasteiger partial charge on any atom is 0.236 e. The van der Waals surface area contributed by atoms with Gasteiger partial charge in [-0.3, -0.25) is 4.79 Å². The highest BCUT2D eigenvalue weighted by molar-refractivity contribution is 5.88. The normalized spacial score (nSPS) is 18.7. The molecule has 0 aromatic heterocycles. The predicted molar refractivity (Wildman–Crippen MR) is 63.3 cm³/mol. The molecule has 0 spiro atoms. The Morgan fingerprint density at radius 3 is 2.76 bits per heavy atom. The van der Waals surface area contributed by atoms with Gasteiger partial charge < -0.3 is 9.47 Å². The fourth-order valence-electron chi connectivity index (χ4n) is 1.46. The van der Waals surface area contributed by atoms with E-state index in [0.717, 1.165) is 5.75 Å². The van der Waals surface area contributed by atoms with Crippen molar-refractivity contribution in [3.05, 3.63) is 24.3 Å². The Labute approximate surface area is 99.4 Å². The van der Waals surface area contributed by atoms with Gasteiger partial charge in [0.05, 0.1) is 5.71 Å². The van der Waals surface area contributed by atoms with Crippen molar-refractivity contribution in [3.63, 3.8) is 0 Å². The maximum absolute atomic E-state index is 10.7. The fraction of sp³-hybridized carbons (Fsp3) is 0.333. The van der Waals surface area contributed by atoms with E-state index >= 15 is 0 Å². The van der Waals surface area contributed by atoms with E-state index in [9.17, 15) is 4.79 Å². The van der Waals surface area contributed by atoms with Gasteiger partial charge in [-0.1, -0.05) is 12.1 Å². The van der Waals surface area contributed by atoms with Gasteiger partial charge in [-0.25, -0.2) is 5.43 Å². The Morgan fingerprint density at radius 1 is 1.35 bits per heavy atom. The maximum atomic E-state index is 10.7. The highest BCUT2D eigenvalue weighted by Crippen LogP contribution is 2.31. The number of nitrogens with one attached hydrogen (secondary N) is 1. The van der Waals surface area contributed by atoms with Crippen LogP contribution >= 0.6 is 0 Å². The van der Waals surface area contributed by atoms with Gasteiger partial charge in [0.15, 0.2) is 17.6 Å². The van der Waals surface area contributed by atoms with Gasteiger partial charge in [0.2, 0.25) is 5.91 Å². The van der Waals surface area contributed by atoms with Crippen LogP contribution in [0.15, 0.2) is 29.4 Å². The molecule has 1 amide bonds. The highest BCUT2D eigenvalue weighted by Gasteiger charge is 2.22. The third kappa shape index (κ3) is 2.75. The molecule has 90 valence electrons. The van der Waals surface area contributed by atoms with Gasteiger partial charge in [-0.05, 0) is 19.1 Å². The van der Waals surface area contributed by atoms with E-state index in [4.69, 9.17) is 9.47 Å². The first-order valence-corrected chi connectivity index (χ1v) is 5.36. The van der Waals surface area contributed by atoms with Gasteiger partial charge in [0.1, 0.15) is 6.61 Å². The van der Waals surface area contributed by atoms with Crippen molar-refractivity contribution in [1.82, 2.24) is 5.43 Å². The molecule has 0 saturated carbocycles. The number of hydrogen-bond donors (Lipinski definition) is 1. The van der Waals surface area contributed by atoms with E-state index in [1.54, 1.807) is 6.92 Å². The average Bonchev–Trinajstić information content (AvgIpc) is 2.35. The number of hydrazone groups is 1. The van der Waals surface area contributed by atoms with Crippen molar-refractivity contribution < 1.29 is 14.3 Å². The van der Waals surface area contributed by atoms with Crippen LogP contribution in [-0.4, -0.2) is 24.3 Å². The minimum atomic E-state index is -0.267. The van der Waals surface area contributed by atoms with Crippen LogP contribution in [0.5, 0.6) is 11.5 Å². The minimum absolute atomic E-state index is 0.207. The van der Waals surface area contributed by atoms with Crippen molar-refractivity contribution >= 4 is 11.6 Å². The Morgan fingerprint density at radius 2 is 2.06 bits per heavy atom. The van der Waals surface area contributed by atoms with Crippen molar-refractivity contribution in [3.8, 4) is 11.5 Å². The van der Waals surface area contributed by atoms with Crippen LogP contribution in [0.25, 0.3) is 0 Å². The predicted octanol–water partition coefficient (Wildman–Crippen LogP) is 1.34. The summed E-state index contributed by atoms with van der Waals surface area (Å²) in [5.41, 5.74) is 3.06. The zero-order valence-corrected chi connectivity index (χ0v) is 9.77. The Bertz CT molecular complexity index is 457. The summed E-state index contributed by atoms with van der Waals surface area (Å²) in [4.78, 5) is 10.7. The second-order valence-corrected chi connectivity index (χ2v) is 3.79. The molecule has 0 bridgehead atoms. The van der Waals surface area contributed by atoms with E-state index in [0.29, 0.717) is 18.1 Å². The highest BCUT2D eigenvalue weighted by atomic mass is 16.6. The molecule has 2 rings (SSSR count). The van der Waals surface area contributed by atoms with E-state index in [2.05, 4.69) is 10.5 Å². The van der Waals surface area contributed by atoms with Crippen molar-refractivity contribution in [1.29, 1.82) is 0 Å². The summed E-state index contributed by atoms with van der Waals surface area (Å²) in [5, 5.41) is 3.93. The second-order valence-electron chi connectivity index (χ2n) is 3.79. The number of rotatable bonds is 2. The number of amides is 1. The second kappa shape index (κ2) is 4.86. The van der Waals surface area contributed by atoms with Gasteiger partial charge in [-0.2, -0.15) is 5.10 Å². The van der Waals surface area contributed by atoms with E-state index < -0.39 is 0 Å². The van der Waals surface area contributed by atoms with Gasteiger partial charge >= 0.3 is 0 Å². The lowest BCUT2D eigenvalue weighted by Crippen LogP contribution is -2.36. The quantitative estimate of drug-likeness (QED) is 0.620. The molecule has 1 N–H and O–H groups in total. The number of hydrogen-bond acceptors (Lipinski definition) is 4. The number of fused-ring (bicyclic) bond motifs is 1. The molecule has 1 heterocycles. The number of ether oxygens (including phenoxy) is 2. The summed E-state index contributed by atoms with van der Waals surface area (Å²) >= 11 is 0. The molecule has 1 aliphatic heterocycles. The summed E-state index contributed by atoms with van der Waals surface area (Å²) in [7, 11) is 0. The van der Waals surface area contributed by atoms with E-state index in [1.807, 2.05) is 24.3 Å². The molecule has 1 aliphatic rings. The van der Waals surface area contributed by atoms with Gasteiger partial charge in [-0.15, -0.1) is 0 Å². The molecule has 5 heteroatoms. The topological polar surface area (TPSA) is 59.9 Å². The average molecular weight is 234 g/mol. The fourth-order valence-corrected chi connectivity index (χ4v) is 1.46. The summed E-state index contributed by atoms with van der Waals surface area (Å²) in [6, 6.07) is 7.46. The lowest BCUT2D eigenvalue weighted by Gasteiger charge is -2.26. The molecule has 17 heavy (non-hydrogen) atoms. The summed E-state index contributed by atoms with van der Waals surface area (Å²) in [5.74, 6) is 1.22. The molecular formula is C12H14N2O3. The molecule has 0 unspecified atom stereocenters. The van der Waals surface area contributed by atoms with Crippen LogP contribution in [-0.2, 0) is 4.79 Å². The van der Waals surface area contributed by atoms with Crippen LogP contribution < -0.4 is 14.9 Å². The lowest BCUT2D eigenvalue weighted by atomic mass is 10.2. The largest absolute Gasteiger partial charge is 0.485 e. The van der Waals surface area contributed by atoms with Crippen LogP contribution in [0.3, 0.4) is 0 Å². The van der Waals surface area contributed by atoms with Crippen molar-refractivity contribution in [2.75, 3.05) is 6.61 Å². The van der Waals surface area contributed by atoms with Gasteiger partial charge in [0.25, 0.3) is 0 Å². The number of carbonyl (C=O) groups is 1. The molecule has 1 aromatic carbocycles. The molecule has 5 nitrogen and oxygen atoms in total. The standard InChI is InChI=1S/C12H14N2O3/c1-8(13-14-9(2)15)12-7-16-10-5-3-4-6-11(10)17-12/h3-6,12H,7H2,1-2H3,(H,14,15)/b13-8-/t12-/m1/s1. The van der Waals surface area contributed by atoms with Crippen LogP contribution in [0.4, 0.5) is 0 Å². The summed E-state index contributed by atoms with van der Waals surface area (Å²) in [6.07, 6.45) is -0.267. The number of carbonyl (C=O) groups excluding carboxylic acids is 1. The zero-order chi connectivity index (χ0) is 12.3. The van der Waals surface area contributed by atoms with Crippen molar-refractivity contribution in [2.24, 2.45) is 5.10 Å². The number of benzene rings is 1. The zero-order valence-electron chi connectivity index (χ0n) is 9.77. The van der Waals surface area contributed by atoms with E-state index in [-0.39, 0.29) is 12.0 Å². The van der Waals surface area contributed by atoms with Crippen LogP contribution in [0.2, 0.25) is 0 Å². The Kier molecular flexibility index (Phi) is 3.27. The first-order chi connectivity index (χ1) is 8.16. The smallest absolute Gasteiger partial charge is 0.236 e. The first kappa shape index (κ1) is 11.4. The molecule has 0 aliphatic carbocycles. The van der Waals surface area contributed by atoms with Crippen LogP contribution in [0, 0.1) is 0 Å². The van der Waals surface area contributed by atoms with Crippen LogP contribution in [0.1, 0.15) is 13.8 Å². The molecule has 0 fully saturated rings. The first-order valence-electron chi connectivity index (χ1n) is 5.36. The number of nitrogens with zero attached hydrogens (tertiary/aromatic N) is 1. The summed E-state index contributed by atoms with van der Waals surface area (Å²) < 4.78 is 11.3. The van der Waals surface area contributed by atoms with E-state index in [1.165, 1.54) is 6.92 Å². The Hall–Kier alpha value is -2.04. The minimum Gasteiger partial charge on any atom is -0.485 e.